The molecule has 0 aliphatic rings. The number of hydrogen-bond donors (Lipinski definition) is 2. The van der Waals surface area contributed by atoms with Crippen molar-refractivity contribution < 1.29 is 4.79 Å². The summed E-state index contributed by atoms with van der Waals surface area (Å²) in [6.45, 7) is 4.84. The number of carbonyl (C=O) groups excluding carboxylic acids is 1. The smallest absolute Gasteiger partial charge is 0.236 e. The van der Waals surface area contributed by atoms with Crippen molar-refractivity contribution in [3.63, 3.8) is 0 Å². The molecule has 1 heterocycles. The van der Waals surface area contributed by atoms with Crippen LogP contribution in [0, 0.1) is 5.92 Å². The summed E-state index contributed by atoms with van der Waals surface area (Å²) >= 11 is 0. The predicted octanol–water partition coefficient (Wildman–Crippen LogP) is 1.33. The van der Waals surface area contributed by atoms with Crippen LogP contribution in [0.3, 0.4) is 0 Å². The van der Waals surface area contributed by atoms with E-state index < -0.39 is 0 Å². The molecule has 1 amide bonds. The Morgan fingerprint density at radius 2 is 2.18 bits per heavy atom. The highest BCUT2D eigenvalue weighted by Crippen LogP contribution is 2.05. The Balaban J connectivity index is 2.52. The minimum atomic E-state index is -0.151. The first-order valence-corrected chi connectivity index (χ1v) is 5.98. The molecular weight excluding hydrogens is 214 g/mol. The molecule has 0 aromatic carbocycles. The molecule has 1 unspecified atom stereocenters. The first-order chi connectivity index (χ1) is 8.13. The first kappa shape index (κ1) is 13.6. The molecule has 0 aliphatic carbocycles. The van der Waals surface area contributed by atoms with Crippen LogP contribution in [-0.4, -0.2) is 24.0 Å². The van der Waals surface area contributed by atoms with Gasteiger partial charge in [0.15, 0.2) is 0 Å². The van der Waals surface area contributed by atoms with Gasteiger partial charge in [-0.25, -0.2) is 0 Å². The molecule has 0 aliphatic heterocycles. The molecule has 1 aromatic heterocycles. The van der Waals surface area contributed by atoms with Gasteiger partial charge in [0.1, 0.15) is 0 Å². The lowest BCUT2D eigenvalue weighted by Gasteiger charge is -2.18. The van der Waals surface area contributed by atoms with Crippen LogP contribution in [0.25, 0.3) is 0 Å². The summed E-state index contributed by atoms with van der Waals surface area (Å²) in [7, 11) is 1.66. The Kier molecular flexibility index (Phi) is 5.63. The zero-order chi connectivity index (χ0) is 12.7. The van der Waals surface area contributed by atoms with Gasteiger partial charge in [0, 0.05) is 19.8 Å². The average Bonchev–Trinajstić information content (AvgIpc) is 2.34. The van der Waals surface area contributed by atoms with E-state index in [4.69, 9.17) is 0 Å². The Labute approximate surface area is 103 Å². The molecule has 0 radical (unpaired) electrons. The van der Waals surface area contributed by atoms with Gasteiger partial charge >= 0.3 is 0 Å². The number of rotatable bonds is 6. The zero-order valence-electron chi connectivity index (χ0n) is 10.7. The maximum atomic E-state index is 11.7. The second kappa shape index (κ2) is 7.01. The van der Waals surface area contributed by atoms with Crippen LogP contribution in [0.5, 0.6) is 0 Å². The van der Waals surface area contributed by atoms with E-state index in [0.29, 0.717) is 12.5 Å². The Morgan fingerprint density at radius 1 is 1.41 bits per heavy atom. The third-order valence-corrected chi connectivity index (χ3v) is 2.53. The fourth-order valence-corrected chi connectivity index (χ4v) is 1.66. The molecule has 17 heavy (non-hydrogen) atoms. The van der Waals surface area contributed by atoms with Crippen molar-refractivity contribution in [2.75, 3.05) is 7.05 Å². The van der Waals surface area contributed by atoms with Gasteiger partial charge in [-0.15, -0.1) is 0 Å². The number of nitrogens with zero attached hydrogens (tertiary/aromatic N) is 1. The third kappa shape index (κ3) is 4.95. The number of nitrogens with one attached hydrogen (secondary N) is 2. The monoisotopic (exact) mass is 235 g/mol. The number of aromatic nitrogens is 1. The Hall–Kier alpha value is -1.42. The van der Waals surface area contributed by atoms with Crippen LogP contribution in [0.4, 0.5) is 0 Å². The Morgan fingerprint density at radius 3 is 2.71 bits per heavy atom. The van der Waals surface area contributed by atoms with Gasteiger partial charge in [0.05, 0.1) is 11.7 Å². The van der Waals surface area contributed by atoms with E-state index in [0.717, 1.165) is 12.1 Å². The topological polar surface area (TPSA) is 54.0 Å². The standard InChI is InChI=1S/C13H21N3O/c1-10(2)8-12(13(17)14-3)16-9-11-6-4-5-7-15-11/h4-7,10,12,16H,8-9H2,1-3H3,(H,14,17). The molecular formula is C13H21N3O. The summed E-state index contributed by atoms with van der Waals surface area (Å²) in [4.78, 5) is 15.9. The van der Waals surface area contributed by atoms with E-state index in [9.17, 15) is 4.79 Å². The van der Waals surface area contributed by atoms with E-state index in [1.54, 1.807) is 13.2 Å². The van der Waals surface area contributed by atoms with Crippen molar-refractivity contribution in [1.29, 1.82) is 0 Å². The van der Waals surface area contributed by atoms with Crippen molar-refractivity contribution in [1.82, 2.24) is 15.6 Å². The van der Waals surface area contributed by atoms with E-state index in [1.807, 2.05) is 18.2 Å². The number of carbonyl (C=O) groups is 1. The molecule has 0 saturated carbocycles. The molecule has 4 nitrogen and oxygen atoms in total. The molecule has 1 aromatic rings. The van der Waals surface area contributed by atoms with Crippen LogP contribution in [0.1, 0.15) is 26.0 Å². The summed E-state index contributed by atoms with van der Waals surface area (Å²) in [6, 6.07) is 5.63. The van der Waals surface area contributed by atoms with Gasteiger partial charge in [0.25, 0.3) is 0 Å². The molecule has 1 rings (SSSR count). The van der Waals surface area contributed by atoms with Gasteiger partial charge < -0.3 is 10.6 Å². The van der Waals surface area contributed by atoms with Crippen molar-refractivity contribution >= 4 is 5.91 Å². The summed E-state index contributed by atoms with van der Waals surface area (Å²) in [5.41, 5.74) is 0.949. The van der Waals surface area contributed by atoms with Crippen LogP contribution < -0.4 is 10.6 Å². The number of likely N-dealkylation sites (N-methyl/N-ethyl adjacent to an activating group) is 1. The maximum absolute atomic E-state index is 11.7. The maximum Gasteiger partial charge on any atom is 0.236 e. The second-order valence-corrected chi connectivity index (χ2v) is 4.50. The number of amides is 1. The van der Waals surface area contributed by atoms with Crippen LogP contribution in [-0.2, 0) is 11.3 Å². The summed E-state index contributed by atoms with van der Waals surface area (Å²) in [5, 5.41) is 5.93. The van der Waals surface area contributed by atoms with Crippen LogP contribution in [0.2, 0.25) is 0 Å². The van der Waals surface area contributed by atoms with Gasteiger partial charge in [-0.3, -0.25) is 9.78 Å². The van der Waals surface area contributed by atoms with Gasteiger partial charge in [0.2, 0.25) is 5.91 Å². The van der Waals surface area contributed by atoms with Crippen LogP contribution >= 0.6 is 0 Å². The Bertz CT molecular complexity index is 338. The van der Waals surface area contributed by atoms with Crippen molar-refractivity contribution in [3.05, 3.63) is 30.1 Å². The highest BCUT2D eigenvalue weighted by Gasteiger charge is 2.17. The van der Waals surface area contributed by atoms with Gasteiger partial charge in [-0.1, -0.05) is 19.9 Å². The van der Waals surface area contributed by atoms with E-state index in [1.165, 1.54) is 0 Å². The van der Waals surface area contributed by atoms with E-state index in [2.05, 4.69) is 29.5 Å². The molecule has 0 saturated heterocycles. The lowest BCUT2D eigenvalue weighted by atomic mass is 10.0. The number of hydrogen-bond acceptors (Lipinski definition) is 3. The second-order valence-electron chi connectivity index (χ2n) is 4.50. The summed E-state index contributed by atoms with van der Waals surface area (Å²) < 4.78 is 0. The quantitative estimate of drug-likeness (QED) is 0.782. The SMILES string of the molecule is CNC(=O)C(CC(C)C)NCc1ccccn1. The lowest BCUT2D eigenvalue weighted by molar-refractivity contribution is -0.123. The normalized spacial score (nSPS) is 12.5. The van der Waals surface area contributed by atoms with Crippen LogP contribution in [0.15, 0.2) is 24.4 Å². The van der Waals surface area contributed by atoms with Crippen molar-refractivity contribution in [3.8, 4) is 0 Å². The summed E-state index contributed by atoms with van der Waals surface area (Å²) in [5.74, 6) is 0.517. The lowest BCUT2D eigenvalue weighted by Crippen LogP contribution is -2.43. The number of pyridine rings is 1. The molecule has 0 spiro atoms. The minimum Gasteiger partial charge on any atom is -0.358 e. The summed E-state index contributed by atoms with van der Waals surface area (Å²) in [6.07, 6.45) is 2.58. The highest BCUT2D eigenvalue weighted by atomic mass is 16.2. The minimum absolute atomic E-state index is 0.0367. The average molecular weight is 235 g/mol. The largest absolute Gasteiger partial charge is 0.358 e. The highest BCUT2D eigenvalue weighted by molar-refractivity contribution is 5.81. The van der Waals surface area contributed by atoms with E-state index >= 15 is 0 Å². The first-order valence-electron chi connectivity index (χ1n) is 5.98. The molecule has 94 valence electrons. The predicted molar refractivity (Wildman–Crippen MR) is 68.4 cm³/mol. The third-order valence-electron chi connectivity index (χ3n) is 2.53. The zero-order valence-corrected chi connectivity index (χ0v) is 10.7. The van der Waals surface area contributed by atoms with Crippen molar-refractivity contribution in [2.45, 2.75) is 32.9 Å². The molecule has 4 heteroatoms. The van der Waals surface area contributed by atoms with Gasteiger partial charge in [-0.05, 0) is 24.5 Å². The van der Waals surface area contributed by atoms with Crippen molar-refractivity contribution in [2.24, 2.45) is 5.92 Å². The fraction of sp³-hybridized carbons (Fsp3) is 0.538. The molecule has 1 atom stereocenters. The molecule has 2 N–H and O–H groups in total. The van der Waals surface area contributed by atoms with E-state index in [-0.39, 0.29) is 11.9 Å². The molecule has 0 bridgehead atoms. The molecule has 0 fully saturated rings. The fourth-order valence-electron chi connectivity index (χ4n) is 1.66. The van der Waals surface area contributed by atoms with Gasteiger partial charge in [-0.2, -0.15) is 0 Å².